The molecule has 1 amide bonds. The van der Waals surface area contributed by atoms with Gasteiger partial charge in [-0.1, -0.05) is 45.4 Å². The van der Waals surface area contributed by atoms with Crippen LogP contribution in [0.5, 0.6) is 0 Å². The van der Waals surface area contributed by atoms with Gasteiger partial charge in [0.05, 0.1) is 29.7 Å². The highest BCUT2D eigenvalue weighted by atomic mass is 16.2. The van der Waals surface area contributed by atoms with Crippen LogP contribution in [0, 0.1) is 0 Å². The van der Waals surface area contributed by atoms with E-state index in [2.05, 4.69) is 42.2 Å². The smallest absolute Gasteiger partial charge is 0.239 e. The number of nitrogens with zero attached hydrogens (tertiary/aromatic N) is 5. The predicted octanol–water partition coefficient (Wildman–Crippen LogP) is 4.07. The molecule has 0 bridgehead atoms. The minimum absolute atomic E-state index is 0.0217. The molecule has 1 N–H and O–H groups in total. The first kappa shape index (κ1) is 21.3. The molecule has 3 heterocycles. The van der Waals surface area contributed by atoms with E-state index in [1.807, 2.05) is 59.0 Å². The van der Waals surface area contributed by atoms with E-state index < -0.39 is 0 Å². The molecule has 0 spiro atoms. The Bertz CT molecular complexity index is 1030. The number of hydrogen-bond donors (Lipinski definition) is 1. The van der Waals surface area contributed by atoms with Crippen LogP contribution >= 0.6 is 0 Å². The Hall–Kier alpha value is -2.93. The molecule has 2 aromatic heterocycles. The number of aromatic nitrogens is 4. The maximum Gasteiger partial charge on any atom is 0.239 e. The number of carbonyl (C=O) groups excluding carboxylic acids is 1. The average molecular weight is 421 g/mol. The summed E-state index contributed by atoms with van der Waals surface area (Å²) in [6.07, 6.45) is 5.15. The molecule has 0 radical (unpaired) electrons. The monoisotopic (exact) mass is 420 g/mol. The van der Waals surface area contributed by atoms with Crippen molar-refractivity contribution in [1.82, 2.24) is 24.5 Å². The van der Waals surface area contributed by atoms with Crippen LogP contribution in [0.25, 0.3) is 5.69 Å². The van der Waals surface area contributed by atoms with Gasteiger partial charge in [-0.3, -0.25) is 14.4 Å². The zero-order valence-electron chi connectivity index (χ0n) is 18.9. The van der Waals surface area contributed by atoms with Gasteiger partial charge in [-0.05, 0) is 37.6 Å². The molecule has 0 aliphatic carbocycles. The Morgan fingerprint density at radius 3 is 2.61 bits per heavy atom. The summed E-state index contributed by atoms with van der Waals surface area (Å²) < 4.78 is 3.74. The highest BCUT2D eigenvalue weighted by Crippen LogP contribution is 2.31. The molecule has 1 aromatic carbocycles. The molecular formula is C24H32N6O. The third kappa shape index (κ3) is 4.71. The van der Waals surface area contributed by atoms with Crippen molar-refractivity contribution in [2.45, 2.75) is 51.5 Å². The normalized spacial score (nSPS) is 17.6. The predicted molar refractivity (Wildman–Crippen MR) is 122 cm³/mol. The van der Waals surface area contributed by atoms with Crippen LogP contribution in [-0.2, 0) is 17.3 Å². The lowest BCUT2D eigenvalue weighted by atomic mass is 9.92. The van der Waals surface area contributed by atoms with Crippen molar-refractivity contribution in [3.63, 3.8) is 0 Å². The molecule has 1 aliphatic rings. The average Bonchev–Trinajstić information content (AvgIpc) is 3.35. The van der Waals surface area contributed by atoms with E-state index in [0.29, 0.717) is 12.4 Å². The van der Waals surface area contributed by atoms with Gasteiger partial charge in [0.1, 0.15) is 5.82 Å². The molecule has 7 heteroatoms. The second-order valence-electron chi connectivity index (χ2n) is 9.32. The first-order valence-electron chi connectivity index (χ1n) is 11.0. The number of likely N-dealkylation sites (tertiary alicyclic amines) is 1. The van der Waals surface area contributed by atoms with Gasteiger partial charge in [0.2, 0.25) is 5.91 Å². The Morgan fingerprint density at radius 1 is 1.16 bits per heavy atom. The largest absolute Gasteiger partial charge is 0.309 e. The van der Waals surface area contributed by atoms with Gasteiger partial charge in [0.25, 0.3) is 0 Å². The Morgan fingerprint density at radius 2 is 1.94 bits per heavy atom. The summed E-state index contributed by atoms with van der Waals surface area (Å²) >= 11 is 0. The number of hydrogen-bond acceptors (Lipinski definition) is 4. The number of amides is 1. The molecule has 1 fully saturated rings. The van der Waals surface area contributed by atoms with Gasteiger partial charge < -0.3 is 5.32 Å². The number of carbonyl (C=O) groups is 1. The number of benzene rings is 1. The van der Waals surface area contributed by atoms with Crippen LogP contribution in [-0.4, -0.2) is 43.5 Å². The van der Waals surface area contributed by atoms with Crippen LogP contribution < -0.4 is 5.32 Å². The Kier molecular flexibility index (Phi) is 5.96. The number of nitrogens with one attached hydrogen (secondary N) is 1. The minimum atomic E-state index is -0.114. The summed E-state index contributed by atoms with van der Waals surface area (Å²) in [6.45, 7) is 7.64. The molecule has 1 saturated heterocycles. The fraction of sp³-hybridized carbons (Fsp3) is 0.458. The zero-order chi connectivity index (χ0) is 22.0. The second-order valence-corrected chi connectivity index (χ2v) is 9.32. The van der Waals surface area contributed by atoms with E-state index in [-0.39, 0.29) is 17.4 Å². The van der Waals surface area contributed by atoms with Crippen molar-refractivity contribution in [3.05, 3.63) is 60.0 Å². The molecule has 1 atom stereocenters. The summed E-state index contributed by atoms with van der Waals surface area (Å²) in [7, 11) is 1.97. The van der Waals surface area contributed by atoms with Crippen LogP contribution in [0.15, 0.2) is 48.7 Å². The second kappa shape index (κ2) is 8.67. The third-order valence-corrected chi connectivity index (χ3v) is 5.91. The third-order valence-electron chi connectivity index (χ3n) is 5.91. The van der Waals surface area contributed by atoms with Crippen LogP contribution in [0.1, 0.15) is 57.5 Å². The highest BCUT2D eigenvalue weighted by molar-refractivity contribution is 5.91. The van der Waals surface area contributed by atoms with Gasteiger partial charge in [-0.2, -0.15) is 10.2 Å². The summed E-state index contributed by atoms with van der Waals surface area (Å²) in [4.78, 5) is 15.4. The molecule has 4 rings (SSSR count). The van der Waals surface area contributed by atoms with E-state index >= 15 is 0 Å². The highest BCUT2D eigenvalue weighted by Gasteiger charge is 2.28. The van der Waals surface area contributed by atoms with Gasteiger partial charge in [-0.25, -0.2) is 4.68 Å². The number of piperidine rings is 1. The van der Waals surface area contributed by atoms with Crippen LogP contribution in [0.2, 0.25) is 0 Å². The quantitative estimate of drug-likeness (QED) is 0.676. The topological polar surface area (TPSA) is 68.0 Å². The molecule has 7 nitrogen and oxygen atoms in total. The Labute approximate surface area is 184 Å². The lowest BCUT2D eigenvalue weighted by Gasteiger charge is -2.35. The molecular weight excluding hydrogens is 388 g/mol. The maximum atomic E-state index is 13.1. The fourth-order valence-corrected chi connectivity index (χ4v) is 4.20. The number of aryl methyl sites for hydroxylation is 1. The number of anilines is 1. The van der Waals surface area contributed by atoms with Crippen molar-refractivity contribution in [3.8, 4) is 5.69 Å². The fourth-order valence-electron chi connectivity index (χ4n) is 4.20. The van der Waals surface area contributed by atoms with Gasteiger partial charge >= 0.3 is 0 Å². The van der Waals surface area contributed by atoms with Crippen molar-refractivity contribution < 1.29 is 4.79 Å². The summed E-state index contributed by atoms with van der Waals surface area (Å²) in [5.41, 5.74) is 2.92. The van der Waals surface area contributed by atoms with E-state index in [4.69, 9.17) is 5.10 Å². The molecule has 3 aromatic rings. The minimum Gasteiger partial charge on any atom is -0.309 e. The van der Waals surface area contributed by atoms with Crippen LogP contribution in [0.4, 0.5) is 5.82 Å². The molecule has 1 aliphatic heterocycles. The Balaban J connectivity index is 1.55. The SMILES string of the molecule is Cn1nccc1[C@H]1CCCCN1CC(=O)Nc1cc(C(C)(C)C)nn1-c1ccccc1. The van der Waals surface area contributed by atoms with Gasteiger partial charge in [0, 0.05) is 24.7 Å². The summed E-state index contributed by atoms with van der Waals surface area (Å²) in [5, 5.41) is 12.2. The van der Waals surface area contributed by atoms with E-state index in [1.165, 1.54) is 6.42 Å². The van der Waals surface area contributed by atoms with Crippen molar-refractivity contribution in [1.29, 1.82) is 0 Å². The van der Waals surface area contributed by atoms with E-state index in [0.717, 1.165) is 36.5 Å². The number of rotatable bonds is 5. The van der Waals surface area contributed by atoms with Crippen molar-refractivity contribution in [2.75, 3.05) is 18.4 Å². The molecule has 31 heavy (non-hydrogen) atoms. The first-order chi connectivity index (χ1) is 14.8. The molecule has 164 valence electrons. The summed E-state index contributed by atoms with van der Waals surface area (Å²) in [6, 6.07) is 14.2. The maximum absolute atomic E-state index is 13.1. The first-order valence-corrected chi connectivity index (χ1v) is 11.0. The van der Waals surface area contributed by atoms with Crippen molar-refractivity contribution in [2.24, 2.45) is 7.05 Å². The standard InChI is InChI=1S/C24H32N6O/c1-24(2,3)21-16-22(30(27-21)18-10-6-5-7-11-18)26-23(31)17-29-15-9-8-12-20(29)19-13-14-25-28(19)4/h5-7,10-11,13-14,16,20H,8-9,12,15,17H2,1-4H3,(H,26,31)/t20-/m1/s1. The lowest BCUT2D eigenvalue weighted by Crippen LogP contribution is -2.40. The lowest BCUT2D eigenvalue weighted by molar-refractivity contribution is -0.118. The summed E-state index contributed by atoms with van der Waals surface area (Å²) in [5.74, 6) is 0.682. The molecule has 0 saturated carbocycles. The van der Waals surface area contributed by atoms with E-state index in [9.17, 15) is 4.79 Å². The van der Waals surface area contributed by atoms with Crippen LogP contribution in [0.3, 0.4) is 0 Å². The van der Waals surface area contributed by atoms with E-state index in [1.54, 1.807) is 0 Å². The van der Waals surface area contributed by atoms with Crippen molar-refractivity contribution >= 4 is 11.7 Å². The van der Waals surface area contributed by atoms with Gasteiger partial charge in [-0.15, -0.1) is 0 Å². The zero-order valence-corrected chi connectivity index (χ0v) is 18.9. The van der Waals surface area contributed by atoms with Gasteiger partial charge in [0.15, 0.2) is 0 Å². The number of para-hydroxylation sites is 1. The molecule has 0 unspecified atom stereocenters.